The Morgan fingerprint density at radius 1 is 1.25 bits per heavy atom. The number of hydrogen-bond acceptors (Lipinski definition) is 3. The Balaban J connectivity index is 2.17. The lowest BCUT2D eigenvalue weighted by Gasteiger charge is -2.32. The van der Waals surface area contributed by atoms with E-state index in [1.54, 1.807) is 0 Å². The van der Waals surface area contributed by atoms with Gasteiger partial charge in [-0.2, -0.15) is 0 Å². The van der Waals surface area contributed by atoms with Gasteiger partial charge in [0.25, 0.3) is 0 Å². The van der Waals surface area contributed by atoms with E-state index in [1.807, 2.05) is 27.7 Å². The first-order valence-corrected chi connectivity index (χ1v) is 6.07. The Bertz CT molecular complexity index is 293. The molecule has 1 N–H and O–H groups in total. The van der Waals surface area contributed by atoms with Crippen LogP contribution in [-0.4, -0.2) is 29.5 Å². The van der Waals surface area contributed by atoms with Crippen LogP contribution in [0.15, 0.2) is 11.5 Å². The summed E-state index contributed by atoms with van der Waals surface area (Å²) in [5.41, 5.74) is 0.260. The minimum atomic E-state index is -0.400. The molecule has 1 unspecified atom stereocenters. The molecule has 4 heteroatoms. The van der Waals surface area contributed by atoms with Crippen LogP contribution >= 0.6 is 0 Å². The summed E-state index contributed by atoms with van der Waals surface area (Å²) >= 11 is 0. The number of rotatable bonds is 1. The van der Waals surface area contributed by atoms with Crippen LogP contribution in [0.25, 0.3) is 0 Å². The van der Waals surface area contributed by atoms with Gasteiger partial charge < -0.3 is 14.4 Å². The number of aliphatic hydroxyl groups excluding tert-OH is 1. The van der Waals surface area contributed by atoms with Crippen molar-refractivity contribution in [3.05, 3.63) is 11.5 Å². The Labute approximate surface area is 98.0 Å². The van der Waals surface area contributed by atoms with E-state index in [0.29, 0.717) is 0 Å². The van der Waals surface area contributed by atoms with Gasteiger partial charge in [-0.3, -0.25) is 0 Å². The van der Waals surface area contributed by atoms with Crippen molar-refractivity contribution in [3.63, 3.8) is 0 Å². The van der Waals surface area contributed by atoms with Crippen molar-refractivity contribution in [1.29, 1.82) is 0 Å². The molecule has 1 fully saturated rings. The maximum absolute atomic E-state index is 9.94. The lowest BCUT2D eigenvalue weighted by Crippen LogP contribution is -2.41. The average Bonchev–Trinajstić information content (AvgIpc) is 2.36. The van der Waals surface area contributed by atoms with Crippen molar-refractivity contribution in [2.24, 2.45) is 0 Å². The molecule has 2 rings (SSSR count). The summed E-state index contributed by atoms with van der Waals surface area (Å²) in [5.74, 6) is 0. The fourth-order valence-electron chi connectivity index (χ4n) is 2.12. The fraction of sp³-hybridized carbons (Fsp3) is 0.833. The summed E-state index contributed by atoms with van der Waals surface area (Å²) in [5, 5.41) is 9.94. The van der Waals surface area contributed by atoms with E-state index in [9.17, 15) is 5.11 Å². The highest BCUT2D eigenvalue weighted by Crippen LogP contribution is 2.40. The van der Waals surface area contributed by atoms with Crippen molar-refractivity contribution in [1.82, 2.24) is 0 Å². The zero-order chi connectivity index (χ0) is 12.0. The van der Waals surface area contributed by atoms with E-state index in [0.717, 1.165) is 24.7 Å². The standard InChI is InChI=1S/C12H21BO3/c1-11(2)12(3,4)16-13(15-11)9-7-5-6-8-10(9)14/h7,10,14H,5-6,8H2,1-4H3. The molecule has 1 heterocycles. The van der Waals surface area contributed by atoms with E-state index >= 15 is 0 Å². The summed E-state index contributed by atoms with van der Waals surface area (Å²) in [4.78, 5) is 0. The second-order valence-electron chi connectivity index (χ2n) is 5.74. The Kier molecular flexibility index (Phi) is 2.93. The lowest BCUT2D eigenvalue weighted by molar-refractivity contribution is 0.00578. The second-order valence-corrected chi connectivity index (χ2v) is 5.74. The van der Waals surface area contributed by atoms with E-state index < -0.39 is 6.10 Å². The smallest absolute Gasteiger partial charge is 0.400 e. The third-order valence-corrected chi connectivity index (χ3v) is 3.97. The van der Waals surface area contributed by atoms with Gasteiger partial charge in [0.2, 0.25) is 0 Å². The first-order chi connectivity index (χ1) is 7.33. The quantitative estimate of drug-likeness (QED) is 0.693. The third kappa shape index (κ3) is 1.94. The molecule has 0 bridgehead atoms. The number of aliphatic hydroxyl groups is 1. The van der Waals surface area contributed by atoms with Gasteiger partial charge in [-0.15, -0.1) is 0 Å². The molecular weight excluding hydrogens is 203 g/mol. The van der Waals surface area contributed by atoms with Crippen LogP contribution in [0.5, 0.6) is 0 Å². The highest BCUT2D eigenvalue weighted by Gasteiger charge is 2.53. The molecule has 2 aliphatic rings. The molecule has 0 saturated carbocycles. The van der Waals surface area contributed by atoms with Gasteiger partial charge in [0.05, 0.1) is 17.3 Å². The maximum atomic E-state index is 9.94. The molecule has 0 aromatic heterocycles. The highest BCUT2D eigenvalue weighted by molar-refractivity contribution is 6.55. The van der Waals surface area contributed by atoms with E-state index in [-0.39, 0.29) is 18.3 Å². The monoisotopic (exact) mass is 224 g/mol. The zero-order valence-corrected chi connectivity index (χ0v) is 10.6. The van der Waals surface area contributed by atoms with E-state index in [4.69, 9.17) is 9.31 Å². The van der Waals surface area contributed by atoms with Crippen molar-refractivity contribution in [3.8, 4) is 0 Å². The van der Waals surface area contributed by atoms with Crippen LogP contribution in [-0.2, 0) is 9.31 Å². The molecular formula is C12H21BO3. The van der Waals surface area contributed by atoms with Crippen LogP contribution in [0, 0.1) is 0 Å². The van der Waals surface area contributed by atoms with Crippen molar-refractivity contribution in [2.75, 3.05) is 0 Å². The average molecular weight is 224 g/mol. The maximum Gasteiger partial charge on any atom is 0.492 e. The van der Waals surface area contributed by atoms with Gasteiger partial charge in [-0.05, 0) is 52.4 Å². The molecule has 3 nitrogen and oxygen atoms in total. The molecule has 0 aromatic carbocycles. The largest absolute Gasteiger partial charge is 0.492 e. The first-order valence-electron chi connectivity index (χ1n) is 6.07. The van der Waals surface area contributed by atoms with Gasteiger partial charge >= 0.3 is 7.12 Å². The number of allylic oxidation sites excluding steroid dienone is 1. The Morgan fingerprint density at radius 3 is 2.31 bits per heavy atom. The van der Waals surface area contributed by atoms with Crippen LogP contribution < -0.4 is 0 Å². The lowest BCUT2D eigenvalue weighted by atomic mass is 9.71. The van der Waals surface area contributed by atoms with E-state index in [1.165, 1.54) is 0 Å². The van der Waals surface area contributed by atoms with Gasteiger partial charge in [0.15, 0.2) is 0 Å². The number of hydrogen-bond donors (Lipinski definition) is 1. The Hall–Kier alpha value is -0.315. The predicted molar refractivity (Wildman–Crippen MR) is 64.0 cm³/mol. The summed E-state index contributed by atoms with van der Waals surface area (Å²) in [6.07, 6.45) is 4.54. The molecule has 1 saturated heterocycles. The molecule has 1 atom stereocenters. The van der Waals surface area contributed by atoms with Crippen LogP contribution in [0.1, 0.15) is 47.0 Å². The highest BCUT2D eigenvalue weighted by atomic mass is 16.7. The summed E-state index contributed by atoms with van der Waals surface area (Å²) in [6.45, 7) is 8.12. The first kappa shape index (κ1) is 12.2. The summed E-state index contributed by atoms with van der Waals surface area (Å²) in [7, 11) is -0.375. The normalized spacial score (nSPS) is 32.7. The Morgan fingerprint density at radius 2 is 1.81 bits per heavy atom. The van der Waals surface area contributed by atoms with E-state index in [2.05, 4.69) is 6.08 Å². The molecule has 90 valence electrons. The topological polar surface area (TPSA) is 38.7 Å². The van der Waals surface area contributed by atoms with Gasteiger partial charge in [-0.25, -0.2) is 0 Å². The summed E-state index contributed by atoms with van der Waals surface area (Å²) in [6, 6.07) is 0. The third-order valence-electron chi connectivity index (χ3n) is 3.97. The minimum absolute atomic E-state index is 0.324. The summed E-state index contributed by atoms with van der Waals surface area (Å²) < 4.78 is 11.8. The molecule has 0 radical (unpaired) electrons. The van der Waals surface area contributed by atoms with Crippen LogP contribution in [0.2, 0.25) is 0 Å². The van der Waals surface area contributed by atoms with Crippen molar-refractivity contribution < 1.29 is 14.4 Å². The predicted octanol–water partition coefficient (Wildman–Crippen LogP) is 2.09. The van der Waals surface area contributed by atoms with Gasteiger partial charge in [-0.1, -0.05) is 6.08 Å². The van der Waals surface area contributed by atoms with Crippen molar-refractivity contribution >= 4 is 7.12 Å². The molecule has 0 amide bonds. The zero-order valence-electron chi connectivity index (χ0n) is 10.6. The molecule has 0 spiro atoms. The minimum Gasteiger partial charge on any atom is -0.400 e. The van der Waals surface area contributed by atoms with Gasteiger partial charge in [0, 0.05) is 0 Å². The fourth-order valence-corrected chi connectivity index (χ4v) is 2.12. The van der Waals surface area contributed by atoms with Crippen LogP contribution in [0.4, 0.5) is 0 Å². The second kappa shape index (κ2) is 3.86. The molecule has 16 heavy (non-hydrogen) atoms. The molecule has 1 aliphatic heterocycles. The molecule has 1 aliphatic carbocycles. The van der Waals surface area contributed by atoms with Crippen LogP contribution in [0.3, 0.4) is 0 Å². The van der Waals surface area contributed by atoms with Crippen molar-refractivity contribution in [2.45, 2.75) is 64.3 Å². The molecule has 0 aromatic rings. The SMILES string of the molecule is CC1(C)OB(C2=CCCCC2O)OC1(C)C. The van der Waals surface area contributed by atoms with Gasteiger partial charge in [0.1, 0.15) is 0 Å².